The molecule has 0 aromatic heterocycles. The molecule has 0 bridgehead atoms. The van der Waals surface area contributed by atoms with Crippen molar-refractivity contribution in [3.8, 4) is 0 Å². The SMILES string of the molecule is CCCCCC=CCC=CCC=CCCCCC(=O)OC[C@H](COP(=O)(O)OC1C(O)C(O)C(O)[C@@H](O)C1O)OC(=O)CCCCCCCCCC=CCCCCCC. The van der Waals surface area contributed by atoms with Crippen LogP contribution in [0.3, 0.4) is 0 Å². The maximum absolute atomic E-state index is 12.8. The third-order valence-electron chi connectivity index (χ3n) is 10.1. The number of carbonyl (C=O) groups is 2. The number of phosphoric ester groups is 1. The summed E-state index contributed by atoms with van der Waals surface area (Å²) in [6, 6.07) is 0. The number of phosphoric acid groups is 1. The minimum absolute atomic E-state index is 0.0822. The molecular formula is C45H79O13P. The highest BCUT2D eigenvalue weighted by Gasteiger charge is 2.51. The fourth-order valence-electron chi connectivity index (χ4n) is 6.46. The van der Waals surface area contributed by atoms with Crippen LogP contribution in [0.2, 0.25) is 0 Å². The highest BCUT2D eigenvalue weighted by atomic mass is 31.2. The summed E-state index contributed by atoms with van der Waals surface area (Å²) in [6.07, 6.45) is 27.4. The quantitative estimate of drug-likeness (QED) is 0.0152. The van der Waals surface area contributed by atoms with Crippen LogP contribution < -0.4 is 0 Å². The minimum atomic E-state index is -5.13. The lowest BCUT2D eigenvalue weighted by Gasteiger charge is -2.41. The maximum atomic E-state index is 12.8. The Morgan fingerprint density at radius 2 is 0.915 bits per heavy atom. The van der Waals surface area contributed by atoms with Gasteiger partial charge in [0.1, 0.15) is 43.2 Å². The molecule has 0 heterocycles. The number of carbonyl (C=O) groups excluding carboxylic acids is 2. The van der Waals surface area contributed by atoms with Gasteiger partial charge in [-0.3, -0.25) is 18.6 Å². The number of rotatable bonds is 36. The first-order valence-electron chi connectivity index (χ1n) is 22.4. The number of hydrogen-bond donors (Lipinski definition) is 6. The summed E-state index contributed by atoms with van der Waals surface area (Å²) in [4.78, 5) is 35.6. The first-order chi connectivity index (χ1) is 28.4. The van der Waals surface area contributed by atoms with Gasteiger partial charge in [-0.1, -0.05) is 127 Å². The Morgan fingerprint density at radius 1 is 0.525 bits per heavy atom. The molecule has 0 aliphatic heterocycles. The fourth-order valence-corrected chi connectivity index (χ4v) is 7.44. The molecule has 8 atom stereocenters. The Balaban J connectivity index is 2.51. The summed E-state index contributed by atoms with van der Waals surface area (Å²) < 4.78 is 33.4. The highest BCUT2D eigenvalue weighted by Crippen LogP contribution is 2.47. The number of ether oxygens (including phenoxy) is 2. The van der Waals surface area contributed by atoms with Gasteiger partial charge in [0.25, 0.3) is 0 Å². The monoisotopic (exact) mass is 859 g/mol. The van der Waals surface area contributed by atoms with Crippen molar-refractivity contribution >= 4 is 19.8 Å². The second kappa shape index (κ2) is 35.4. The zero-order valence-electron chi connectivity index (χ0n) is 36.0. The number of allylic oxidation sites excluding steroid dienone is 8. The van der Waals surface area contributed by atoms with Crippen molar-refractivity contribution in [2.24, 2.45) is 0 Å². The molecule has 1 saturated carbocycles. The van der Waals surface area contributed by atoms with E-state index >= 15 is 0 Å². The van der Waals surface area contributed by atoms with Crippen LogP contribution in [0, 0.1) is 0 Å². The van der Waals surface area contributed by atoms with Crippen LogP contribution >= 0.6 is 7.82 Å². The van der Waals surface area contributed by atoms with Crippen molar-refractivity contribution in [2.75, 3.05) is 13.2 Å². The standard InChI is InChI=1S/C45H79O13P/c1-3-5-7-9-11-13-15-17-19-21-23-25-27-29-31-33-38(46)55-35-37(36-56-59(53,54)58-45-43(51)41(49)40(48)42(50)44(45)52)57-39(47)34-32-30-28-26-24-22-20-18-16-14-12-10-8-6-4-2/h11,13-14,16-17,19,23,25,37,40-45,48-52H,3-10,12,15,18,20-22,24,26-36H2,1-2H3,(H,53,54)/t37-,40?,41-,42?,43?,44?,45?/m1/s1. The molecule has 0 spiro atoms. The molecule has 0 radical (unpaired) electrons. The first kappa shape index (κ1) is 54.8. The van der Waals surface area contributed by atoms with E-state index in [9.17, 15) is 44.6 Å². The lowest BCUT2D eigenvalue weighted by atomic mass is 9.85. The molecule has 6 N–H and O–H groups in total. The Morgan fingerprint density at radius 3 is 1.47 bits per heavy atom. The van der Waals surface area contributed by atoms with Crippen molar-refractivity contribution in [1.29, 1.82) is 0 Å². The largest absolute Gasteiger partial charge is 0.472 e. The number of unbranched alkanes of at least 4 members (excludes halogenated alkanes) is 16. The first-order valence-corrected chi connectivity index (χ1v) is 23.9. The second-order valence-electron chi connectivity index (χ2n) is 15.5. The van der Waals surface area contributed by atoms with E-state index in [0.29, 0.717) is 12.8 Å². The molecule has 6 unspecified atom stereocenters. The zero-order valence-corrected chi connectivity index (χ0v) is 36.9. The van der Waals surface area contributed by atoms with Crippen LogP contribution in [0.4, 0.5) is 0 Å². The van der Waals surface area contributed by atoms with Gasteiger partial charge in [0.2, 0.25) is 0 Å². The molecule has 0 saturated heterocycles. The van der Waals surface area contributed by atoms with Crippen LogP contribution in [0.5, 0.6) is 0 Å². The molecule has 1 aliphatic rings. The van der Waals surface area contributed by atoms with Crippen LogP contribution in [-0.4, -0.2) is 98.3 Å². The van der Waals surface area contributed by atoms with E-state index < -0.39 is 75.7 Å². The number of hydrogen-bond acceptors (Lipinski definition) is 12. The lowest BCUT2D eigenvalue weighted by Crippen LogP contribution is -2.64. The van der Waals surface area contributed by atoms with Gasteiger partial charge in [-0.2, -0.15) is 0 Å². The third kappa shape index (κ3) is 28.1. The van der Waals surface area contributed by atoms with Gasteiger partial charge in [-0.05, 0) is 77.0 Å². The number of aliphatic hydroxyl groups excluding tert-OH is 5. The molecule has 1 rings (SSSR count). The summed E-state index contributed by atoms with van der Waals surface area (Å²) in [5, 5.41) is 50.1. The van der Waals surface area contributed by atoms with Crippen LogP contribution in [0.1, 0.15) is 168 Å². The van der Waals surface area contributed by atoms with Crippen molar-refractivity contribution < 1.29 is 63.1 Å². The molecule has 59 heavy (non-hydrogen) atoms. The summed E-state index contributed by atoms with van der Waals surface area (Å²) >= 11 is 0. The van der Waals surface area contributed by atoms with E-state index in [-0.39, 0.29) is 12.8 Å². The van der Waals surface area contributed by atoms with E-state index in [1.807, 2.05) is 0 Å². The van der Waals surface area contributed by atoms with Gasteiger partial charge >= 0.3 is 19.8 Å². The van der Waals surface area contributed by atoms with Gasteiger partial charge < -0.3 is 39.9 Å². The highest BCUT2D eigenvalue weighted by molar-refractivity contribution is 7.47. The number of esters is 2. The molecule has 0 amide bonds. The predicted octanol–water partition coefficient (Wildman–Crippen LogP) is 8.39. The van der Waals surface area contributed by atoms with Crippen LogP contribution in [-0.2, 0) is 32.7 Å². The molecule has 13 nitrogen and oxygen atoms in total. The molecule has 14 heteroatoms. The molecule has 342 valence electrons. The average molecular weight is 859 g/mol. The van der Waals surface area contributed by atoms with Crippen LogP contribution in [0.25, 0.3) is 0 Å². The summed E-state index contributed by atoms with van der Waals surface area (Å²) in [5.41, 5.74) is 0. The smallest absolute Gasteiger partial charge is 0.462 e. The van der Waals surface area contributed by atoms with E-state index in [1.165, 1.54) is 51.4 Å². The van der Waals surface area contributed by atoms with Crippen LogP contribution in [0.15, 0.2) is 48.6 Å². The van der Waals surface area contributed by atoms with Gasteiger partial charge in [0, 0.05) is 12.8 Å². The van der Waals surface area contributed by atoms with Gasteiger partial charge in [0.05, 0.1) is 6.61 Å². The zero-order chi connectivity index (χ0) is 43.6. The van der Waals surface area contributed by atoms with E-state index in [2.05, 4.69) is 62.5 Å². The predicted molar refractivity (Wildman–Crippen MR) is 230 cm³/mol. The topological polar surface area (TPSA) is 210 Å². The molecule has 1 aliphatic carbocycles. The average Bonchev–Trinajstić information content (AvgIpc) is 3.21. The van der Waals surface area contributed by atoms with Crippen molar-refractivity contribution in [1.82, 2.24) is 0 Å². The Bertz CT molecular complexity index is 1220. The van der Waals surface area contributed by atoms with E-state index in [1.54, 1.807) is 0 Å². The van der Waals surface area contributed by atoms with Crippen molar-refractivity contribution in [3.63, 3.8) is 0 Å². The maximum Gasteiger partial charge on any atom is 0.472 e. The lowest BCUT2D eigenvalue weighted by molar-refractivity contribution is -0.220. The van der Waals surface area contributed by atoms with Crippen molar-refractivity contribution in [3.05, 3.63) is 48.6 Å². The minimum Gasteiger partial charge on any atom is -0.462 e. The summed E-state index contributed by atoms with van der Waals surface area (Å²) in [6.45, 7) is 3.21. The normalized spacial score (nSPS) is 22.8. The van der Waals surface area contributed by atoms with Crippen molar-refractivity contribution in [2.45, 2.75) is 211 Å². The molecule has 0 aromatic carbocycles. The Hall–Kier alpha value is -2.19. The van der Waals surface area contributed by atoms with Gasteiger partial charge in [-0.25, -0.2) is 4.57 Å². The Kier molecular flexibility index (Phi) is 32.9. The molecule has 1 fully saturated rings. The third-order valence-corrected chi connectivity index (χ3v) is 11.1. The van der Waals surface area contributed by atoms with E-state index in [4.69, 9.17) is 18.5 Å². The van der Waals surface area contributed by atoms with Gasteiger partial charge in [0.15, 0.2) is 6.10 Å². The molecule has 0 aromatic rings. The number of aliphatic hydroxyl groups is 5. The Labute approximate surface area is 354 Å². The summed E-state index contributed by atoms with van der Waals surface area (Å²) in [5.74, 6) is -1.15. The summed E-state index contributed by atoms with van der Waals surface area (Å²) in [7, 11) is -5.13. The molecular weight excluding hydrogens is 779 g/mol. The van der Waals surface area contributed by atoms with E-state index in [0.717, 1.165) is 77.0 Å². The fraction of sp³-hybridized carbons (Fsp3) is 0.778. The van der Waals surface area contributed by atoms with Gasteiger partial charge in [-0.15, -0.1) is 0 Å². The second-order valence-corrected chi connectivity index (χ2v) is 16.9.